The minimum Gasteiger partial charge on any atom is -0.357 e. The summed E-state index contributed by atoms with van der Waals surface area (Å²) in [6.07, 6.45) is 1.55. The normalized spacial score (nSPS) is 13.8. The van der Waals surface area contributed by atoms with E-state index in [-0.39, 0.29) is 12.1 Å². The van der Waals surface area contributed by atoms with Crippen LogP contribution in [0.3, 0.4) is 0 Å². The standard InChI is InChI=1S/C23H21F3N4S/c1-14(20(27)10-15-2-6-19(7-3-15)23(24,25)26)30-22-29-13-21(31-22)17-4-5-18-12-28-9-8-16(18)11-17/h2-9,11-14,20H,10,27H2,1H3,(H,29,30). The van der Waals surface area contributed by atoms with E-state index in [9.17, 15) is 13.2 Å². The fraction of sp³-hybridized carbons (Fsp3) is 0.217. The van der Waals surface area contributed by atoms with Crippen LogP contribution in [0.2, 0.25) is 0 Å². The first-order valence-corrected chi connectivity index (χ1v) is 10.6. The molecule has 0 amide bonds. The average Bonchev–Trinajstić information content (AvgIpc) is 3.21. The number of thiazole rings is 1. The first kappa shape index (κ1) is 21.3. The second-order valence-electron chi connectivity index (χ2n) is 7.46. The molecule has 0 saturated carbocycles. The fourth-order valence-corrected chi connectivity index (χ4v) is 4.20. The topological polar surface area (TPSA) is 63.8 Å². The first-order valence-electron chi connectivity index (χ1n) is 9.78. The Bertz CT molecular complexity index is 1170. The molecule has 2 aromatic carbocycles. The van der Waals surface area contributed by atoms with Crippen molar-refractivity contribution in [1.29, 1.82) is 0 Å². The van der Waals surface area contributed by atoms with Gasteiger partial charge in [-0.2, -0.15) is 13.2 Å². The van der Waals surface area contributed by atoms with Crippen LogP contribution in [0.25, 0.3) is 21.2 Å². The maximum Gasteiger partial charge on any atom is 0.416 e. The molecular formula is C23H21F3N4S. The quantitative estimate of drug-likeness (QED) is 0.399. The van der Waals surface area contributed by atoms with Crippen molar-refractivity contribution in [2.24, 2.45) is 5.73 Å². The van der Waals surface area contributed by atoms with Gasteiger partial charge in [0, 0.05) is 36.1 Å². The number of aromatic nitrogens is 2. The first-order chi connectivity index (χ1) is 14.8. The number of fused-ring (bicyclic) bond motifs is 1. The van der Waals surface area contributed by atoms with E-state index in [0.717, 1.165) is 44.0 Å². The summed E-state index contributed by atoms with van der Waals surface area (Å²) in [5, 5.41) is 6.26. The Morgan fingerprint density at radius 2 is 1.81 bits per heavy atom. The third-order valence-corrected chi connectivity index (χ3v) is 6.15. The molecule has 4 nitrogen and oxygen atoms in total. The number of nitrogens with one attached hydrogen (secondary N) is 1. The lowest BCUT2D eigenvalue weighted by Gasteiger charge is -2.21. The minimum absolute atomic E-state index is 0.107. The van der Waals surface area contributed by atoms with Crippen LogP contribution in [0.4, 0.5) is 18.3 Å². The molecule has 160 valence electrons. The lowest BCUT2D eigenvalue weighted by molar-refractivity contribution is -0.137. The van der Waals surface area contributed by atoms with Gasteiger partial charge in [-0.15, -0.1) is 0 Å². The number of nitrogens with zero attached hydrogens (tertiary/aromatic N) is 2. The second kappa shape index (κ2) is 8.64. The average molecular weight is 443 g/mol. The van der Waals surface area contributed by atoms with Gasteiger partial charge in [0.1, 0.15) is 0 Å². The van der Waals surface area contributed by atoms with Crippen LogP contribution in [-0.2, 0) is 12.6 Å². The summed E-state index contributed by atoms with van der Waals surface area (Å²) in [4.78, 5) is 9.62. The number of hydrogen-bond acceptors (Lipinski definition) is 5. The highest BCUT2D eigenvalue weighted by Gasteiger charge is 2.30. The number of benzene rings is 2. The fourth-order valence-electron chi connectivity index (χ4n) is 3.29. The third-order valence-electron chi connectivity index (χ3n) is 5.18. The van der Waals surface area contributed by atoms with Gasteiger partial charge in [0.05, 0.1) is 10.4 Å². The van der Waals surface area contributed by atoms with Crippen LogP contribution < -0.4 is 11.1 Å². The van der Waals surface area contributed by atoms with Gasteiger partial charge in [-0.25, -0.2) is 4.98 Å². The van der Waals surface area contributed by atoms with Crippen molar-refractivity contribution < 1.29 is 13.2 Å². The van der Waals surface area contributed by atoms with Gasteiger partial charge < -0.3 is 11.1 Å². The van der Waals surface area contributed by atoms with E-state index in [2.05, 4.69) is 21.4 Å². The Labute approximate surface area is 182 Å². The summed E-state index contributed by atoms with van der Waals surface area (Å²) < 4.78 is 38.1. The van der Waals surface area contributed by atoms with Crippen LogP contribution in [0.5, 0.6) is 0 Å². The Kier molecular flexibility index (Phi) is 5.93. The Balaban J connectivity index is 1.40. The highest BCUT2D eigenvalue weighted by atomic mass is 32.1. The molecule has 31 heavy (non-hydrogen) atoms. The number of hydrogen-bond donors (Lipinski definition) is 2. The van der Waals surface area contributed by atoms with Crippen molar-refractivity contribution in [2.75, 3.05) is 5.32 Å². The Morgan fingerprint density at radius 3 is 2.55 bits per heavy atom. The van der Waals surface area contributed by atoms with Crippen LogP contribution in [-0.4, -0.2) is 22.1 Å². The van der Waals surface area contributed by atoms with Crippen LogP contribution in [0.1, 0.15) is 18.1 Å². The Morgan fingerprint density at radius 1 is 1.03 bits per heavy atom. The Hall–Kier alpha value is -2.97. The van der Waals surface area contributed by atoms with Crippen LogP contribution in [0.15, 0.2) is 67.1 Å². The van der Waals surface area contributed by atoms with Crippen molar-refractivity contribution in [3.05, 3.63) is 78.2 Å². The van der Waals surface area contributed by atoms with Crippen molar-refractivity contribution in [2.45, 2.75) is 31.6 Å². The van der Waals surface area contributed by atoms with Crippen molar-refractivity contribution >= 4 is 27.2 Å². The van der Waals surface area contributed by atoms with Crippen molar-refractivity contribution in [3.8, 4) is 10.4 Å². The van der Waals surface area contributed by atoms with Crippen LogP contribution in [0, 0.1) is 0 Å². The number of rotatable bonds is 6. The van der Waals surface area contributed by atoms with Gasteiger partial charge in [0.15, 0.2) is 5.13 Å². The van der Waals surface area contributed by atoms with E-state index in [1.165, 1.54) is 23.5 Å². The molecular weight excluding hydrogens is 421 g/mol. The van der Waals surface area contributed by atoms with Gasteiger partial charge in [0.2, 0.25) is 0 Å². The second-order valence-corrected chi connectivity index (χ2v) is 8.49. The number of alkyl halides is 3. The van der Waals surface area contributed by atoms with E-state index >= 15 is 0 Å². The highest BCUT2D eigenvalue weighted by molar-refractivity contribution is 7.18. The molecule has 2 heterocycles. The molecule has 2 aromatic heterocycles. The molecule has 8 heteroatoms. The molecule has 0 radical (unpaired) electrons. The number of anilines is 1. The third kappa shape index (κ3) is 5.03. The van der Waals surface area contributed by atoms with Gasteiger partial charge in [-0.05, 0) is 54.1 Å². The lowest BCUT2D eigenvalue weighted by Crippen LogP contribution is -2.39. The van der Waals surface area contributed by atoms with E-state index in [4.69, 9.17) is 5.73 Å². The number of halogens is 3. The molecule has 4 aromatic rings. The maximum atomic E-state index is 12.7. The van der Waals surface area contributed by atoms with Gasteiger partial charge in [0.25, 0.3) is 0 Å². The summed E-state index contributed by atoms with van der Waals surface area (Å²) >= 11 is 1.53. The predicted molar refractivity (Wildman–Crippen MR) is 119 cm³/mol. The number of nitrogens with two attached hydrogens (primary N) is 1. The van der Waals surface area contributed by atoms with E-state index in [1.54, 1.807) is 6.20 Å². The molecule has 0 spiro atoms. The molecule has 0 saturated heterocycles. The maximum absolute atomic E-state index is 12.7. The lowest BCUT2D eigenvalue weighted by atomic mass is 10.0. The molecule has 2 atom stereocenters. The molecule has 0 aliphatic rings. The summed E-state index contributed by atoms with van der Waals surface area (Å²) in [5.41, 5.74) is 7.47. The zero-order valence-electron chi connectivity index (χ0n) is 16.7. The molecule has 0 aliphatic heterocycles. The summed E-state index contributed by atoms with van der Waals surface area (Å²) in [6.45, 7) is 1.94. The highest BCUT2D eigenvalue weighted by Crippen LogP contribution is 2.32. The molecule has 0 fully saturated rings. The van der Waals surface area contributed by atoms with Crippen molar-refractivity contribution in [1.82, 2.24) is 9.97 Å². The van der Waals surface area contributed by atoms with Gasteiger partial charge >= 0.3 is 6.18 Å². The van der Waals surface area contributed by atoms with E-state index in [0.29, 0.717) is 6.42 Å². The monoisotopic (exact) mass is 442 g/mol. The van der Waals surface area contributed by atoms with Crippen molar-refractivity contribution in [3.63, 3.8) is 0 Å². The predicted octanol–water partition coefficient (Wildman–Crippen LogP) is 5.75. The zero-order valence-corrected chi connectivity index (χ0v) is 17.5. The SMILES string of the molecule is CC(Nc1ncc(-c2ccc3cnccc3c2)s1)C(N)Cc1ccc(C(F)(F)F)cc1. The smallest absolute Gasteiger partial charge is 0.357 e. The van der Waals surface area contributed by atoms with Gasteiger partial charge in [-0.1, -0.05) is 35.6 Å². The minimum atomic E-state index is -4.33. The van der Waals surface area contributed by atoms with Gasteiger partial charge in [-0.3, -0.25) is 4.98 Å². The van der Waals surface area contributed by atoms with E-state index < -0.39 is 11.7 Å². The summed E-state index contributed by atoms with van der Waals surface area (Å²) in [7, 11) is 0. The molecule has 0 aliphatic carbocycles. The van der Waals surface area contributed by atoms with E-state index in [1.807, 2.05) is 37.5 Å². The molecule has 0 bridgehead atoms. The summed E-state index contributed by atoms with van der Waals surface area (Å²) in [6, 6.07) is 12.9. The molecule has 2 unspecified atom stereocenters. The summed E-state index contributed by atoms with van der Waals surface area (Å²) in [5.74, 6) is 0. The number of pyridine rings is 1. The molecule has 4 rings (SSSR count). The largest absolute Gasteiger partial charge is 0.416 e. The van der Waals surface area contributed by atoms with Crippen LogP contribution >= 0.6 is 11.3 Å². The molecule has 3 N–H and O–H groups in total. The zero-order chi connectivity index (χ0) is 22.0.